The molecule has 0 N–H and O–H groups in total. The van der Waals surface area contributed by atoms with Gasteiger partial charge in [-0.25, -0.2) is 0 Å². The molecule has 1 aromatic carbocycles. The Kier molecular flexibility index (Phi) is 2.97. The standard InChI is InChI=1S/C9H10O/c1-10-8-7-9-5-3-2-4-6-9/h1-6H,7-8H2. The van der Waals surface area contributed by atoms with Gasteiger partial charge in [-0.05, 0) is 12.0 Å². The summed E-state index contributed by atoms with van der Waals surface area (Å²) in [5, 5.41) is 0. The lowest BCUT2D eigenvalue weighted by atomic mass is 10.2. The monoisotopic (exact) mass is 134 g/mol. The Morgan fingerprint density at radius 2 is 1.90 bits per heavy atom. The summed E-state index contributed by atoms with van der Waals surface area (Å²) in [4.78, 5) is 0. The number of hydrogen-bond acceptors (Lipinski definition) is 1. The number of benzene rings is 1. The van der Waals surface area contributed by atoms with Gasteiger partial charge < -0.3 is 4.74 Å². The van der Waals surface area contributed by atoms with Gasteiger partial charge in [0.1, 0.15) is 7.11 Å². The first-order valence-corrected chi connectivity index (χ1v) is 3.29. The molecular weight excluding hydrogens is 124 g/mol. The fourth-order valence-corrected chi connectivity index (χ4v) is 0.821. The number of rotatable bonds is 3. The zero-order valence-corrected chi connectivity index (χ0v) is 5.79. The molecule has 0 bridgehead atoms. The minimum absolute atomic E-state index is 0.587. The van der Waals surface area contributed by atoms with Crippen LogP contribution in [0.2, 0.25) is 0 Å². The molecule has 0 spiro atoms. The second-order valence-corrected chi connectivity index (χ2v) is 2.11. The normalized spacial score (nSPS) is 9.70. The van der Waals surface area contributed by atoms with Crippen LogP contribution in [0.1, 0.15) is 5.56 Å². The molecule has 1 nitrogen and oxygen atoms in total. The third kappa shape index (κ3) is 2.19. The lowest BCUT2D eigenvalue weighted by Crippen LogP contribution is -1.91. The maximum atomic E-state index is 4.88. The van der Waals surface area contributed by atoms with E-state index >= 15 is 0 Å². The minimum Gasteiger partial charge on any atom is -0.372 e. The van der Waals surface area contributed by atoms with Crippen molar-refractivity contribution in [3.63, 3.8) is 0 Å². The molecule has 1 aromatic rings. The summed E-state index contributed by atoms with van der Waals surface area (Å²) in [6.07, 6.45) is 0.886. The van der Waals surface area contributed by atoms with Crippen molar-refractivity contribution in [2.75, 3.05) is 6.61 Å². The highest BCUT2D eigenvalue weighted by Crippen LogP contribution is 1.98. The molecule has 0 aromatic heterocycles. The molecule has 52 valence electrons. The summed E-state index contributed by atoms with van der Waals surface area (Å²) in [6, 6.07) is 10.1. The third-order valence-electron chi connectivity index (χ3n) is 1.35. The van der Waals surface area contributed by atoms with Gasteiger partial charge in [-0.1, -0.05) is 30.3 Å². The van der Waals surface area contributed by atoms with Gasteiger partial charge >= 0.3 is 0 Å². The molecule has 1 rings (SSSR count). The highest BCUT2D eigenvalue weighted by Gasteiger charge is 1.87. The van der Waals surface area contributed by atoms with E-state index in [1.54, 1.807) is 0 Å². The second kappa shape index (κ2) is 4.07. The maximum absolute atomic E-state index is 4.88. The number of hydrogen-bond donors (Lipinski definition) is 0. The van der Waals surface area contributed by atoms with Gasteiger partial charge in [0.05, 0.1) is 6.61 Å². The molecule has 0 aliphatic rings. The van der Waals surface area contributed by atoms with Crippen molar-refractivity contribution < 1.29 is 4.74 Å². The van der Waals surface area contributed by atoms with Gasteiger partial charge in [0.25, 0.3) is 0 Å². The molecule has 0 aliphatic carbocycles. The molecule has 2 radical (unpaired) electrons. The summed E-state index contributed by atoms with van der Waals surface area (Å²) in [5.74, 6) is 0. The van der Waals surface area contributed by atoms with E-state index in [9.17, 15) is 0 Å². The average Bonchev–Trinajstić information content (AvgIpc) is 2.03. The van der Waals surface area contributed by atoms with Crippen LogP contribution in [0.15, 0.2) is 30.3 Å². The van der Waals surface area contributed by atoms with Crippen LogP contribution in [0.25, 0.3) is 0 Å². The van der Waals surface area contributed by atoms with E-state index in [2.05, 4.69) is 16.9 Å². The van der Waals surface area contributed by atoms with E-state index in [4.69, 9.17) is 7.11 Å². The van der Waals surface area contributed by atoms with Gasteiger partial charge in [0, 0.05) is 0 Å². The third-order valence-corrected chi connectivity index (χ3v) is 1.35. The first-order valence-electron chi connectivity index (χ1n) is 3.29. The Morgan fingerprint density at radius 1 is 1.20 bits per heavy atom. The Balaban J connectivity index is 2.43. The first kappa shape index (κ1) is 7.29. The predicted molar refractivity (Wildman–Crippen MR) is 40.4 cm³/mol. The van der Waals surface area contributed by atoms with Crippen LogP contribution >= 0.6 is 0 Å². The van der Waals surface area contributed by atoms with Gasteiger partial charge in [-0.15, -0.1) is 0 Å². The van der Waals surface area contributed by atoms with E-state index in [0.29, 0.717) is 6.61 Å². The van der Waals surface area contributed by atoms with Crippen molar-refractivity contribution in [1.82, 2.24) is 0 Å². The first-order chi connectivity index (χ1) is 4.93. The summed E-state index contributed by atoms with van der Waals surface area (Å²) in [7, 11) is 4.88. The van der Waals surface area contributed by atoms with Crippen molar-refractivity contribution in [2.24, 2.45) is 0 Å². The number of ether oxygens (including phenoxy) is 1. The Morgan fingerprint density at radius 3 is 2.50 bits per heavy atom. The van der Waals surface area contributed by atoms with Gasteiger partial charge in [0.2, 0.25) is 0 Å². The Bertz CT molecular complexity index is 169. The Hall–Kier alpha value is -0.820. The second-order valence-electron chi connectivity index (χ2n) is 2.11. The van der Waals surface area contributed by atoms with E-state index in [0.717, 1.165) is 6.42 Å². The zero-order valence-electron chi connectivity index (χ0n) is 5.79. The van der Waals surface area contributed by atoms with Gasteiger partial charge in [-0.3, -0.25) is 0 Å². The lowest BCUT2D eigenvalue weighted by Gasteiger charge is -1.97. The maximum Gasteiger partial charge on any atom is 0.115 e. The van der Waals surface area contributed by atoms with Crippen LogP contribution < -0.4 is 0 Å². The minimum atomic E-state index is 0.587. The van der Waals surface area contributed by atoms with Crippen LogP contribution in [0.5, 0.6) is 0 Å². The van der Waals surface area contributed by atoms with Crippen LogP contribution in [0.3, 0.4) is 0 Å². The van der Waals surface area contributed by atoms with E-state index in [-0.39, 0.29) is 0 Å². The smallest absolute Gasteiger partial charge is 0.115 e. The van der Waals surface area contributed by atoms with E-state index < -0.39 is 0 Å². The van der Waals surface area contributed by atoms with E-state index in [1.165, 1.54) is 5.56 Å². The van der Waals surface area contributed by atoms with Crippen LogP contribution in [0.4, 0.5) is 0 Å². The molecule has 10 heavy (non-hydrogen) atoms. The fraction of sp³-hybridized carbons (Fsp3) is 0.222. The molecule has 0 saturated heterocycles. The van der Waals surface area contributed by atoms with Crippen molar-refractivity contribution in [3.8, 4) is 0 Å². The predicted octanol–water partition coefficient (Wildman–Crippen LogP) is 1.91. The summed E-state index contributed by atoms with van der Waals surface area (Å²) in [6.45, 7) is 0.587. The van der Waals surface area contributed by atoms with Crippen molar-refractivity contribution in [2.45, 2.75) is 6.42 Å². The zero-order chi connectivity index (χ0) is 7.23. The largest absolute Gasteiger partial charge is 0.372 e. The van der Waals surface area contributed by atoms with Crippen molar-refractivity contribution in [3.05, 3.63) is 43.0 Å². The van der Waals surface area contributed by atoms with Crippen molar-refractivity contribution >= 4 is 0 Å². The molecule has 0 heterocycles. The summed E-state index contributed by atoms with van der Waals surface area (Å²) < 4.78 is 4.45. The molecular formula is C9H10O. The Labute approximate surface area is 61.6 Å². The van der Waals surface area contributed by atoms with Crippen LogP contribution in [-0.4, -0.2) is 6.61 Å². The quantitative estimate of drug-likeness (QED) is 0.613. The lowest BCUT2D eigenvalue weighted by molar-refractivity contribution is 0.246. The van der Waals surface area contributed by atoms with Gasteiger partial charge in [-0.2, -0.15) is 0 Å². The molecule has 0 saturated carbocycles. The SMILES string of the molecule is [CH]OCCc1ccccc1. The molecule has 0 fully saturated rings. The van der Waals surface area contributed by atoms with Gasteiger partial charge in [0.15, 0.2) is 0 Å². The molecule has 1 heteroatoms. The van der Waals surface area contributed by atoms with E-state index in [1.807, 2.05) is 18.2 Å². The molecule has 0 atom stereocenters. The molecule has 0 unspecified atom stereocenters. The fourth-order valence-electron chi connectivity index (χ4n) is 0.821. The topological polar surface area (TPSA) is 9.23 Å². The van der Waals surface area contributed by atoms with Crippen LogP contribution in [0, 0.1) is 7.11 Å². The van der Waals surface area contributed by atoms with Crippen molar-refractivity contribution in [1.29, 1.82) is 0 Å². The highest BCUT2D eigenvalue weighted by molar-refractivity contribution is 5.14. The summed E-state index contributed by atoms with van der Waals surface area (Å²) >= 11 is 0. The molecule has 0 aliphatic heterocycles. The average molecular weight is 134 g/mol. The molecule has 0 amide bonds. The highest BCUT2D eigenvalue weighted by atomic mass is 16.5. The van der Waals surface area contributed by atoms with Crippen LogP contribution in [-0.2, 0) is 11.2 Å². The summed E-state index contributed by atoms with van der Waals surface area (Å²) in [5.41, 5.74) is 1.26.